The normalized spacial score (nSPS) is 46.9. The van der Waals surface area contributed by atoms with Crippen molar-refractivity contribution in [1.29, 1.82) is 0 Å². The number of hydrogen-bond acceptors (Lipinski definition) is 2. The Morgan fingerprint density at radius 3 is 2.33 bits per heavy atom. The van der Waals surface area contributed by atoms with E-state index in [0.29, 0.717) is 5.92 Å². The van der Waals surface area contributed by atoms with Gasteiger partial charge in [-0.2, -0.15) is 0 Å². The molecule has 0 radical (unpaired) electrons. The highest BCUT2D eigenvalue weighted by Gasteiger charge is 2.69. The summed E-state index contributed by atoms with van der Waals surface area (Å²) in [6.45, 7) is 6.57. The highest BCUT2D eigenvalue weighted by atomic mass is 16.3. The van der Waals surface area contributed by atoms with Crippen LogP contribution in [-0.4, -0.2) is 29.2 Å². The van der Waals surface area contributed by atoms with Crippen LogP contribution in [0.25, 0.3) is 0 Å². The summed E-state index contributed by atoms with van der Waals surface area (Å²) in [5, 5.41) is 10.7. The van der Waals surface area contributed by atoms with Crippen molar-refractivity contribution < 1.29 is 9.90 Å². The van der Waals surface area contributed by atoms with Crippen molar-refractivity contribution in [2.24, 2.45) is 16.7 Å². The van der Waals surface area contributed by atoms with Gasteiger partial charge in [0.05, 0.1) is 0 Å². The first-order chi connectivity index (χ1) is 6.79. The summed E-state index contributed by atoms with van der Waals surface area (Å²) in [6, 6.07) is 0. The predicted octanol–water partition coefficient (Wildman–Crippen LogP) is 1.61. The Kier molecular flexibility index (Phi) is 2.01. The van der Waals surface area contributed by atoms with E-state index in [0.717, 1.165) is 19.3 Å². The maximum Gasteiger partial charge on any atom is 0.211 e. The molecule has 86 valence electrons. The minimum absolute atomic E-state index is 0.124. The maximum absolute atomic E-state index is 10.9. The molecule has 2 aliphatic rings. The molecule has 2 aliphatic carbocycles. The molecule has 3 atom stereocenters. The van der Waals surface area contributed by atoms with Crippen LogP contribution in [0.15, 0.2) is 0 Å². The van der Waals surface area contributed by atoms with E-state index in [2.05, 4.69) is 20.8 Å². The van der Waals surface area contributed by atoms with Crippen molar-refractivity contribution >= 4 is 6.41 Å². The van der Waals surface area contributed by atoms with E-state index in [4.69, 9.17) is 0 Å². The second-order valence-electron chi connectivity index (χ2n) is 6.03. The van der Waals surface area contributed by atoms with Crippen molar-refractivity contribution in [3.8, 4) is 0 Å². The zero-order valence-electron chi connectivity index (χ0n) is 10.1. The Morgan fingerprint density at radius 1 is 1.40 bits per heavy atom. The first kappa shape index (κ1) is 10.9. The van der Waals surface area contributed by atoms with Crippen molar-refractivity contribution in [2.45, 2.75) is 45.8 Å². The zero-order valence-corrected chi connectivity index (χ0v) is 10.1. The van der Waals surface area contributed by atoms with Gasteiger partial charge < -0.3 is 10.0 Å². The summed E-state index contributed by atoms with van der Waals surface area (Å²) >= 11 is 0. The minimum atomic E-state index is -0.943. The Morgan fingerprint density at radius 2 is 2.00 bits per heavy atom. The fourth-order valence-electron chi connectivity index (χ4n) is 3.86. The molecule has 0 aromatic heterocycles. The number of nitrogens with zero attached hydrogens (tertiary/aromatic N) is 1. The number of aliphatic hydroxyl groups is 1. The van der Waals surface area contributed by atoms with Crippen LogP contribution in [-0.2, 0) is 4.79 Å². The molecule has 0 aliphatic heterocycles. The van der Waals surface area contributed by atoms with Gasteiger partial charge in [-0.1, -0.05) is 20.8 Å². The summed E-state index contributed by atoms with van der Waals surface area (Å²) in [6.07, 6.45) is 3.67. The van der Waals surface area contributed by atoms with E-state index in [-0.39, 0.29) is 10.8 Å². The summed E-state index contributed by atoms with van der Waals surface area (Å²) in [5.74, 6) is 0.537. The lowest BCUT2D eigenvalue weighted by Gasteiger charge is -2.48. The standard InChI is InChI=1S/C12H21NO2/c1-10(2)9-5-6-11(10,3)12(15,7-9)13(4)8-14/h8-9,15H,5-7H2,1-4H3/t9-,11-,12-/m1/s1. The molecular formula is C12H21NO2. The average Bonchev–Trinajstić information content (AvgIpc) is 2.48. The lowest BCUT2D eigenvalue weighted by molar-refractivity contribution is -0.186. The summed E-state index contributed by atoms with van der Waals surface area (Å²) < 4.78 is 0. The van der Waals surface area contributed by atoms with Crippen LogP contribution in [0.2, 0.25) is 0 Å². The molecule has 2 fully saturated rings. The Labute approximate surface area is 91.5 Å². The topological polar surface area (TPSA) is 40.5 Å². The molecule has 3 heteroatoms. The van der Waals surface area contributed by atoms with Crippen molar-refractivity contribution in [3.05, 3.63) is 0 Å². The summed E-state index contributed by atoms with van der Waals surface area (Å²) in [4.78, 5) is 12.4. The third kappa shape index (κ3) is 0.975. The molecule has 15 heavy (non-hydrogen) atoms. The molecule has 1 N–H and O–H groups in total. The number of rotatable bonds is 2. The number of carbonyl (C=O) groups excluding carboxylic acids is 1. The lowest BCUT2D eigenvalue weighted by Crippen LogP contribution is -2.57. The van der Waals surface area contributed by atoms with Gasteiger partial charge in [-0.05, 0) is 30.6 Å². The fraction of sp³-hybridized carbons (Fsp3) is 0.917. The van der Waals surface area contributed by atoms with Crippen molar-refractivity contribution in [3.63, 3.8) is 0 Å². The van der Waals surface area contributed by atoms with Crippen molar-refractivity contribution in [1.82, 2.24) is 4.90 Å². The van der Waals surface area contributed by atoms with Crippen LogP contribution < -0.4 is 0 Å². The van der Waals surface area contributed by atoms with E-state index in [1.54, 1.807) is 7.05 Å². The Hall–Kier alpha value is -0.570. The smallest absolute Gasteiger partial charge is 0.211 e. The van der Waals surface area contributed by atoms with E-state index >= 15 is 0 Å². The minimum Gasteiger partial charge on any atom is -0.370 e. The first-order valence-electron chi connectivity index (χ1n) is 5.70. The van der Waals surface area contributed by atoms with Gasteiger partial charge >= 0.3 is 0 Å². The van der Waals surface area contributed by atoms with Crippen LogP contribution in [0.4, 0.5) is 0 Å². The SMILES string of the molecule is CN(C=O)[C@@]1(O)C[C@H]2CC[C@]1(C)C2(C)C. The van der Waals surface area contributed by atoms with Crippen LogP contribution in [0.1, 0.15) is 40.0 Å². The number of amides is 1. The maximum atomic E-state index is 10.9. The average molecular weight is 211 g/mol. The summed E-state index contributed by atoms with van der Waals surface area (Å²) in [7, 11) is 1.69. The monoisotopic (exact) mass is 211 g/mol. The molecule has 0 unspecified atom stereocenters. The van der Waals surface area contributed by atoms with Crippen LogP contribution in [0, 0.1) is 16.7 Å². The molecule has 3 nitrogen and oxygen atoms in total. The predicted molar refractivity (Wildman–Crippen MR) is 58.0 cm³/mol. The Balaban J connectivity index is 2.45. The second kappa shape index (κ2) is 2.76. The molecular weight excluding hydrogens is 190 g/mol. The molecule has 2 rings (SSSR count). The second-order valence-corrected chi connectivity index (χ2v) is 6.03. The van der Waals surface area contributed by atoms with Crippen LogP contribution >= 0.6 is 0 Å². The highest BCUT2D eigenvalue weighted by Crippen LogP contribution is 2.69. The third-order valence-corrected chi connectivity index (χ3v) is 5.59. The van der Waals surface area contributed by atoms with Crippen LogP contribution in [0.5, 0.6) is 0 Å². The highest BCUT2D eigenvalue weighted by molar-refractivity contribution is 5.49. The molecule has 2 bridgehead atoms. The largest absolute Gasteiger partial charge is 0.370 e. The van der Waals surface area contributed by atoms with E-state index in [1.807, 2.05) is 0 Å². The zero-order chi connectivity index (χ0) is 11.5. The molecule has 0 spiro atoms. The molecule has 0 saturated heterocycles. The molecule has 0 heterocycles. The molecule has 0 aromatic carbocycles. The van der Waals surface area contributed by atoms with Gasteiger partial charge in [0.25, 0.3) is 0 Å². The molecule has 1 amide bonds. The van der Waals surface area contributed by atoms with Crippen LogP contribution in [0.3, 0.4) is 0 Å². The number of hydrogen-bond donors (Lipinski definition) is 1. The fourth-order valence-corrected chi connectivity index (χ4v) is 3.86. The van der Waals surface area contributed by atoms with Gasteiger partial charge in [-0.3, -0.25) is 4.79 Å². The van der Waals surface area contributed by atoms with Gasteiger partial charge in [-0.25, -0.2) is 0 Å². The van der Waals surface area contributed by atoms with E-state index < -0.39 is 5.72 Å². The van der Waals surface area contributed by atoms with Crippen molar-refractivity contribution in [2.75, 3.05) is 7.05 Å². The molecule has 0 aromatic rings. The van der Waals surface area contributed by atoms with Gasteiger partial charge in [0.1, 0.15) is 5.72 Å². The van der Waals surface area contributed by atoms with Gasteiger partial charge in [-0.15, -0.1) is 0 Å². The first-order valence-corrected chi connectivity index (χ1v) is 5.70. The Bertz CT molecular complexity index is 302. The van der Waals surface area contributed by atoms with Gasteiger partial charge in [0.2, 0.25) is 6.41 Å². The quantitative estimate of drug-likeness (QED) is 0.557. The number of fused-ring (bicyclic) bond motifs is 2. The number of carbonyl (C=O) groups is 1. The van der Waals surface area contributed by atoms with E-state index in [9.17, 15) is 9.90 Å². The summed E-state index contributed by atoms with van der Waals surface area (Å²) in [5.41, 5.74) is -0.986. The molecule has 2 saturated carbocycles. The van der Waals surface area contributed by atoms with Gasteiger partial charge in [0, 0.05) is 12.5 Å². The lowest BCUT2D eigenvalue weighted by atomic mass is 9.67. The van der Waals surface area contributed by atoms with Gasteiger partial charge in [0.15, 0.2) is 0 Å². The third-order valence-electron chi connectivity index (χ3n) is 5.59. The van der Waals surface area contributed by atoms with E-state index in [1.165, 1.54) is 11.3 Å².